The van der Waals surface area contributed by atoms with E-state index < -0.39 is 0 Å². The van der Waals surface area contributed by atoms with E-state index in [9.17, 15) is 0 Å². The van der Waals surface area contributed by atoms with Crippen LogP contribution >= 0.6 is 7.92 Å². The van der Waals surface area contributed by atoms with Gasteiger partial charge in [-0.2, -0.15) is 0 Å². The van der Waals surface area contributed by atoms with Crippen LogP contribution in [-0.2, 0) is 0 Å². The normalized spacial score (nSPS) is 29.9. The zero-order valence-corrected chi connectivity index (χ0v) is 15.5. The fourth-order valence-corrected chi connectivity index (χ4v) is 9.90. The monoisotopic (exact) mass is 308 g/mol. The van der Waals surface area contributed by atoms with Crippen molar-refractivity contribution in [2.45, 2.75) is 121 Å². The first-order valence-corrected chi connectivity index (χ1v) is 11.5. The van der Waals surface area contributed by atoms with Crippen LogP contribution in [0.4, 0.5) is 0 Å². The Morgan fingerprint density at radius 1 is 0.571 bits per heavy atom. The van der Waals surface area contributed by atoms with Crippen LogP contribution in [0.1, 0.15) is 104 Å². The van der Waals surface area contributed by atoms with Crippen LogP contribution in [0.3, 0.4) is 0 Å². The van der Waals surface area contributed by atoms with E-state index in [2.05, 4.69) is 13.8 Å². The van der Waals surface area contributed by atoms with Crippen LogP contribution in [0, 0.1) is 5.41 Å². The zero-order valence-electron chi connectivity index (χ0n) is 14.6. The van der Waals surface area contributed by atoms with Crippen molar-refractivity contribution in [2.75, 3.05) is 0 Å². The zero-order chi connectivity index (χ0) is 14.7. The third kappa shape index (κ3) is 4.25. The van der Waals surface area contributed by atoms with Gasteiger partial charge >= 0.3 is 0 Å². The first-order chi connectivity index (χ1) is 10.2. The summed E-state index contributed by atoms with van der Waals surface area (Å²) in [5.74, 6) is 0. The number of hydrogen-bond donors (Lipinski definition) is 0. The van der Waals surface area contributed by atoms with Crippen LogP contribution in [0.5, 0.6) is 0 Å². The van der Waals surface area contributed by atoms with Crippen molar-refractivity contribution >= 4 is 7.92 Å². The van der Waals surface area contributed by atoms with Gasteiger partial charge in [0.25, 0.3) is 0 Å². The molecule has 3 aliphatic rings. The van der Waals surface area contributed by atoms with E-state index >= 15 is 0 Å². The predicted octanol–water partition coefficient (Wildman–Crippen LogP) is 7.10. The SMILES string of the molecule is CC1(C)CCC(P(C2CCCCC2)C2CCCCC2)CC1. The average Bonchev–Trinajstić information content (AvgIpc) is 2.51. The van der Waals surface area contributed by atoms with Crippen LogP contribution in [0.25, 0.3) is 0 Å². The quantitative estimate of drug-likeness (QED) is 0.488. The minimum Gasteiger partial charge on any atom is -0.0971 e. The summed E-state index contributed by atoms with van der Waals surface area (Å²) in [6.07, 6.45) is 21.8. The maximum atomic E-state index is 2.51. The Bertz CT molecular complexity index is 282. The second kappa shape index (κ2) is 7.33. The van der Waals surface area contributed by atoms with E-state index in [1.54, 1.807) is 64.2 Å². The minimum atomic E-state index is 0.343. The molecule has 3 rings (SSSR count). The van der Waals surface area contributed by atoms with Gasteiger partial charge in [-0.25, -0.2) is 0 Å². The largest absolute Gasteiger partial charge is 0.0971 e. The highest BCUT2D eigenvalue weighted by Crippen LogP contribution is 2.62. The highest BCUT2D eigenvalue weighted by atomic mass is 31.1. The smallest absolute Gasteiger partial charge is 0.0204 e. The Morgan fingerprint density at radius 2 is 0.952 bits per heavy atom. The van der Waals surface area contributed by atoms with Gasteiger partial charge in [0.2, 0.25) is 0 Å². The molecule has 0 aromatic rings. The lowest BCUT2D eigenvalue weighted by molar-refractivity contribution is 0.246. The average molecular weight is 308 g/mol. The molecular formula is C20H37P. The second-order valence-electron chi connectivity index (χ2n) is 8.93. The van der Waals surface area contributed by atoms with Crippen molar-refractivity contribution < 1.29 is 0 Å². The van der Waals surface area contributed by atoms with E-state index in [0.717, 1.165) is 5.66 Å². The summed E-state index contributed by atoms with van der Waals surface area (Å²) in [5.41, 5.74) is 4.14. The Kier molecular flexibility index (Phi) is 5.69. The van der Waals surface area contributed by atoms with E-state index in [-0.39, 0.29) is 0 Å². The van der Waals surface area contributed by atoms with Gasteiger partial charge in [0.05, 0.1) is 0 Å². The Labute approximate surface area is 134 Å². The second-order valence-corrected chi connectivity index (χ2v) is 12.0. The lowest BCUT2D eigenvalue weighted by atomic mass is 9.77. The molecule has 0 aromatic heterocycles. The summed E-state index contributed by atoms with van der Waals surface area (Å²) >= 11 is 0. The molecular weight excluding hydrogens is 271 g/mol. The van der Waals surface area contributed by atoms with Gasteiger partial charge in [0.1, 0.15) is 0 Å². The molecule has 3 aliphatic carbocycles. The third-order valence-corrected chi connectivity index (χ3v) is 10.8. The van der Waals surface area contributed by atoms with Gasteiger partial charge in [-0.3, -0.25) is 0 Å². The molecule has 0 radical (unpaired) electrons. The molecule has 1 heteroatoms. The topological polar surface area (TPSA) is 0 Å². The molecule has 0 atom stereocenters. The van der Waals surface area contributed by atoms with Crippen molar-refractivity contribution in [1.29, 1.82) is 0 Å². The molecule has 0 N–H and O–H groups in total. The van der Waals surface area contributed by atoms with Crippen molar-refractivity contribution in [2.24, 2.45) is 5.41 Å². The van der Waals surface area contributed by atoms with Crippen molar-refractivity contribution in [3.63, 3.8) is 0 Å². The third-order valence-electron chi connectivity index (χ3n) is 6.72. The van der Waals surface area contributed by atoms with Gasteiger partial charge in [-0.05, 0) is 73.8 Å². The van der Waals surface area contributed by atoms with Crippen molar-refractivity contribution in [3.05, 3.63) is 0 Å². The molecule has 0 aliphatic heterocycles. The lowest BCUT2D eigenvalue weighted by Gasteiger charge is -2.46. The molecule has 0 heterocycles. The lowest BCUT2D eigenvalue weighted by Crippen LogP contribution is -2.31. The van der Waals surface area contributed by atoms with Gasteiger partial charge < -0.3 is 0 Å². The summed E-state index contributed by atoms with van der Waals surface area (Å²) in [7, 11) is 0.343. The Hall–Kier alpha value is 0.430. The minimum absolute atomic E-state index is 0.343. The first-order valence-electron chi connectivity index (χ1n) is 9.93. The van der Waals surface area contributed by atoms with Gasteiger partial charge in [-0.15, -0.1) is 0 Å². The van der Waals surface area contributed by atoms with E-state index in [1.807, 2.05) is 0 Å². The summed E-state index contributed by atoms with van der Waals surface area (Å²) in [5, 5.41) is 0. The van der Waals surface area contributed by atoms with Gasteiger partial charge in [0.15, 0.2) is 0 Å². The van der Waals surface area contributed by atoms with Crippen molar-refractivity contribution in [3.8, 4) is 0 Å². The Balaban J connectivity index is 1.68. The van der Waals surface area contributed by atoms with Gasteiger partial charge in [0, 0.05) is 0 Å². The van der Waals surface area contributed by atoms with E-state index in [4.69, 9.17) is 0 Å². The summed E-state index contributed by atoms with van der Waals surface area (Å²) in [6.45, 7) is 5.01. The molecule has 0 bridgehead atoms. The highest BCUT2D eigenvalue weighted by molar-refractivity contribution is 7.60. The molecule has 0 spiro atoms. The van der Waals surface area contributed by atoms with E-state index in [1.165, 1.54) is 37.0 Å². The molecule has 0 nitrogen and oxygen atoms in total. The summed E-state index contributed by atoms with van der Waals surface area (Å²) in [4.78, 5) is 0. The fraction of sp³-hybridized carbons (Fsp3) is 1.00. The molecule has 0 amide bonds. The fourth-order valence-electron chi connectivity index (χ4n) is 5.33. The molecule has 21 heavy (non-hydrogen) atoms. The Morgan fingerprint density at radius 3 is 1.38 bits per heavy atom. The van der Waals surface area contributed by atoms with Crippen LogP contribution in [0.2, 0.25) is 0 Å². The standard InChI is InChI=1S/C20H37P/c1-20(2)15-13-19(14-16-20)21(17-9-5-3-6-10-17)18-11-7-4-8-12-18/h17-19H,3-16H2,1-2H3. The van der Waals surface area contributed by atoms with Crippen LogP contribution < -0.4 is 0 Å². The summed E-state index contributed by atoms with van der Waals surface area (Å²) < 4.78 is 0. The van der Waals surface area contributed by atoms with Gasteiger partial charge in [-0.1, -0.05) is 60.3 Å². The molecule has 122 valence electrons. The first kappa shape index (κ1) is 16.3. The van der Waals surface area contributed by atoms with Crippen LogP contribution in [-0.4, -0.2) is 17.0 Å². The van der Waals surface area contributed by atoms with E-state index in [0.29, 0.717) is 13.3 Å². The predicted molar refractivity (Wildman–Crippen MR) is 96.7 cm³/mol. The number of rotatable bonds is 3. The maximum absolute atomic E-state index is 2.51. The maximum Gasteiger partial charge on any atom is -0.0204 e. The molecule has 0 aromatic carbocycles. The van der Waals surface area contributed by atoms with Crippen LogP contribution in [0.15, 0.2) is 0 Å². The molecule has 0 unspecified atom stereocenters. The molecule has 3 fully saturated rings. The molecule has 3 saturated carbocycles. The summed E-state index contributed by atoms with van der Waals surface area (Å²) in [6, 6.07) is 0. The highest BCUT2D eigenvalue weighted by Gasteiger charge is 2.39. The van der Waals surface area contributed by atoms with Crippen molar-refractivity contribution in [1.82, 2.24) is 0 Å². The number of hydrogen-bond acceptors (Lipinski definition) is 0. The molecule has 0 saturated heterocycles.